The van der Waals surface area contributed by atoms with E-state index in [1.165, 1.54) is 35.4 Å². The summed E-state index contributed by atoms with van der Waals surface area (Å²) in [7, 11) is 2.02. The average Bonchev–Trinajstić information content (AvgIpc) is 2.99. The average molecular weight is 536 g/mol. The number of hydrogen-bond acceptors (Lipinski definition) is 6. The Balaban J connectivity index is 1.47. The molecule has 0 spiro atoms. The third-order valence-corrected chi connectivity index (χ3v) is 7.40. The summed E-state index contributed by atoms with van der Waals surface area (Å²) in [6.45, 7) is 5.02. The molecule has 0 radical (unpaired) electrons. The largest absolute Gasteiger partial charge is 0.446 e. The number of thioether (sulfide) groups is 1. The lowest BCUT2D eigenvalue weighted by atomic mass is 9.96. The summed E-state index contributed by atoms with van der Waals surface area (Å²) in [6.07, 6.45) is 3.07. The number of nitrogens with zero attached hydrogens (tertiary/aromatic N) is 4. The smallest absolute Gasteiger partial charge is 0.310 e. The number of nitrogens with one attached hydrogen (secondary N) is 1. The van der Waals surface area contributed by atoms with Crippen LogP contribution in [0.2, 0.25) is 0 Å². The Kier molecular flexibility index (Phi) is 7.52. The molecule has 37 heavy (non-hydrogen) atoms. The van der Waals surface area contributed by atoms with Crippen LogP contribution in [0.4, 0.5) is 29.5 Å². The SMILES string of the molecule is CN1CCC(C(=O)Nc2cc(CN3C(=O)N(c4ccc(SC(F)(F)F)cc4)C(=O)C3(C)C)ccn2)CC1. The number of hydrogen-bond donors (Lipinski definition) is 1. The summed E-state index contributed by atoms with van der Waals surface area (Å²) < 4.78 is 37.9. The highest BCUT2D eigenvalue weighted by Crippen LogP contribution is 2.39. The minimum Gasteiger partial charge on any atom is -0.310 e. The van der Waals surface area contributed by atoms with E-state index in [0.29, 0.717) is 11.4 Å². The molecule has 0 atom stereocenters. The van der Waals surface area contributed by atoms with Crippen LogP contribution in [-0.4, -0.2) is 63.8 Å². The van der Waals surface area contributed by atoms with Gasteiger partial charge in [0.2, 0.25) is 5.91 Å². The molecule has 4 amide bonds. The lowest BCUT2D eigenvalue weighted by molar-refractivity contribution is -0.123. The first-order chi connectivity index (χ1) is 17.3. The molecule has 1 aromatic heterocycles. The number of urea groups is 1. The van der Waals surface area contributed by atoms with Crippen LogP contribution in [0.5, 0.6) is 0 Å². The Morgan fingerprint density at radius 2 is 1.78 bits per heavy atom. The quantitative estimate of drug-likeness (QED) is 0.426. The van der Waals surface area contributed by atoms with Gasteiger partial charge < -0.3 is 15.1 Å². The molecule has 8 nitrogen and oxygen atoms in total. The molecule has 2 aliphatic heterocycles. The monoisotopic (exact) mass is 535 g/mol. The maximum Gasteiger partial charge on any atom is 0.446 e. The van der Waals surface area contributed by atoms with Gasteiger partial charge in [0, 0.05) is 23.6 Å². The number of likely N-dealkylation sites (tertiary alicyclic amines) is 1. The van der Waals surface area contributed by atoms with Crippen molar-refractivity contribution in [2.45, 2.75) is 49.2 Å². The van der Waals surface area contributed by atoms with Crippen molar-refractivity contribution >= 4 is 41.1 Å². The zero-order valence-corrected chi connectivity index (χ0v) is 21.5. The number of rotatable bonds is 6. The predicted molar refractivity (Wildman–Crippen MR) is 134 cm³/mol. The van der Waals surface area contributed by atoms with Crippen molar-refractivity contribution < 1.29 is 27.6 Å². The van der Waals surface area contributed by atoms with E-state index in [9.17, 15) is 27.6 Å². The number of aromatic nitrogens is 1. The molecule has 2 saturated heterocycles. The number of benzene rings is 1. The Hall–Kier alpha value is -3.12. The summed E-state index contributed by atoms with van der Waals surface area (Å²) in [5.41, 5.74) is -4.77. The zero-order valence-electron chi connectivity index (χ0n) is 20.7. The summed E-state index contributed by atoms with van der Waals surface area (Å²) in [5.74, 6) is -0.304. The maximum atomic E-state index is 13.3. The zero-order chi connectivity index (χ0) is 27.0. The second-order valence-electron chi connectivity index (χ2n) is 9.73. The van der Waals surface area contributed by atoms with Crippen molar-refractivity contribution in [1.82, 2.24) is 14.8 Å². The minimum atomic E-state index is -4.43. The van der Waals surface area contributed by atoms with Gasteiger partial charge in [0.15, 0.2) is 0 Å². The number of piperidine rings is 1. The summed E-state index contributed by atoms with van der Waals surface area (Å²) >= 11 is -0.267. The van der Waals surface area contributed by atoms with E-state index in [1.807, 2.05) is 7.05 Å². The standard InChI is InChI=1S/C25H28F3N5O3S/c1-24(2)22(35)33(18-4-6-19(7-5-18)37-25(26,27)28)23(36)32(24)15-16-8-11-29-20(14-16)30-21(34)17-9-12-31(3)13-10-17/h4-8,11,14,17H,9-10,12-13,15H2,1-3H3,(H,29,30,34). The van der Waals surface area contributed by atoms with Gasteiger partial charge in [-0.15, -0.1) is 0 Å². The highest BCUT2D eigenvalue weighted by atomic mass is 32.2. The van der Waals surface area contributed by atoms with Gasteiger partial charge in [-0.05, 0) is 101 Å². The molecule has 0 saturated carbocycles. The van der Waals surface area contributed by atoms with Crippen LogP contribution >= 0.6 is 11.8 Å². The van der Waals surface area contributed by atoms with E-state index in [0.717, 1.165) is 30.8 Å². The van der Waals surface area contributed by atoms with Crippen LogP contribution < -0.4 is 10.2 Å². The predicted octanol–water partition coefficient (Wildman–Crippen LogP) is 4.72. The molecule has 2 fully saturated rings. The highest BCUT2D eigenvalue weighted by molar-refractivity contribution is 8.00. The number of halogens is 3. The molecule has 4 rings (SSSR count). The molecule has 1 N–H and O–H groups in total. The third kappa shape index (κ3) is 6.07. The van der Waals surface area contributed by atoms with E-state index in [4.69, 9.17) is 0 Å². The summed E-state index contributed by atoms with van der Waals surface area (Å²) in [5, 5.41) is 2.86. The van der Waals surface area contributed by atoms with Crippen molar-refractivity contribution in [3.63, 3.8) is 0 Å². The molecule has 2 aromatic rings. The van der Waals surface area contributed by atoms with E-state index in [2.05, 4.69) is 15.2 Å². The normalized spacial score (nSPS) is 19.0. The molecule has 3 heterocycles. The Bertz CT molecular complexity index is 1180. The van der Waals surface area contributed by atoms with E-state index < -0.39 is 23.0 Å². The number of amides is 4. The first-order valence-corrected chi connectivity index (χ1v) is 12.6. The van der Waals surface area contributed by atoms with Gasteiger partial charge >= 0.3 is 11.5 Å². The number of carbonyl (C=O) groups excluding carboxylic acids is 3. The van der Waals surface area contributed by atoms with Gasteiger partial charge in [0.1, 0.15) is 11.4 Å². The van der Waals surface area contributed by atoms with Gasteiger partial charge in [-0.2, -0.15) is 13.2 Å². The van der Waals surface area contributed by atoms with Crippen LogP contribution in [0, 0.1) is 5.92 Å². The topological polar surface area (TPSA) is 85.9 Å². The summed E-state index contributed by atoms with van der Waals surface area (Å²) in [6, 6.07) is 7.90. The lowest BCUT2D eigenvalue weighted by Crippen LogP contribution is -2.43. The van der Waals surface area contributed by atoms with Crippen LogP contribution in [0.25, 0.3) is 0 Å². The second kappa shape index (κ2) is 10.3. The Morgan fingerprint density at radius 1 is 1.14 bits per heavy atom. The Morgan fingerprint density at radius 3 is 2.41 bits per heavy atom. The fourth-order valence-electron chi connectivity index (χ4n) is 4.45. The van der Waals surface area contributed by atoms with Gasteiger partial charge in [-0.25, -0.2) is 14.7 Å². The number of alkyl halides is 3. The van der Waals surface area contributed by atoms with Gasteiger partial charge in [0.05, 0.1) is 5.69 Å². The molecular weight excluding hydrogens is 507 g/mol. The number of pyridine rings is 1. The van der Waals surface area contributed by atoms with E-state index in [1.54, 1.807) is 26.0 Å². The fraction of sp³-hybridized carbons (Fsp3) is 0.440. The van der Waals surface area contributed by atoms with E-state index in [-0.39, 0.29) is 40.7 Å². The molecule has 198 valence electrons. The van der Waals surface area contributed by atoms with Gasteiger partial charge in [-0.3, -0.25) is 9.59 Å². The van der Waals surface area contributed by atoms with Gasteiger partial charge in [-0.1, -0.05) is 0 Å². The number of anilines is 2. The minimum absolute atomic E-state index is 0.0435. The molecule has 0 bridgehead atoms. The number of imide groups is 1. The Labute approximate surface area is 217 Å². The first kappa shape index (κ1) is 26.9. The molecule has 12 heteroatoms. The number of carbonyl (C=O) groups is 3. The fourth-order valence-corrected chi connectivity index (χ4v) is 4.99. The van der Waals surface area contributed by atoms with Gasteiger partial charge in [0.25, 0.3) is 5.91 Å². The molecule has 1 aromatic carbocycles. The van der Waals surface area contributed by atoms with Crippen molar-refractivity contribution in [1.29, 1.82) is 0 Å². The van der Waals surface area contributed by atoms with Crippen molar-refractivity contribution in [2.24, 2.45) is 5.92 Å². The van der Waals surface area contributed by atoms with E-state index >= 15 is 0 Å². The molecular formula is C25H28F3N5O3S. The first-order valence-electron chi connectivity index (χ1n) is 11.8. The summed E-state index contributed by atoms with van der Waals surface area (Å²) in [4.78, 5) is 47.9. The van der Waals surface area contributed by atoms with Crippen LogP contribution in [0.3, 0.4) is 0 Å². The lowest BCUT2D eigenvalue weighted by Gasteiger charge is -2.28. The highest BCUT2D eigenvalue weighted by Gasteiger charge is 2.51. The van der Waals surface area contributed by atoms with Crippen LogP contribution in [-0.2, 0) is 16.1 Å². The van der Waals surface area contributed by atoms with Crippen LogP contribution in [0.1, 0.15) is 32.3 Å². The molecule has 0 aliphatic carbocycles. The third-order valence-electron chi connectivity index (χ3n) is 6.66. The maximum absolute atomic E-state index is 13.3. The van der Waals surface area contributed by atoms with Crippen LogP contribution in [0.15, 0.2) is 47.5 Å². The molecule has 0 unspecified atom stereocenters. The van der Waals surface area contributed by atoms with Crippen molar-refractivity contribution in [3.8, 4) is 0 Å². The van der Waals surface area contributed by atoms with Crippen molar-refractivity contribution in [3.05, 3.63) is 48.2 Å². The molecule has 2 aliphatic rings. The second-order valence-corrected chi connectivity index (χ2v) is 10.9. The van der Waals surface area contributed by atoms with Crippen molar-refractivity contribution in [2.75, 3.05) is 30.4 Å².